The van der Waals surface area contributed by atoms with Gasteiger partial charge in [0.25, 0.3) is 0 Å². The van der Waals surface area contributed by atoms with Crippen molar-refractivity contribution in [3.63, 3.8) is 0 Å². The molecule has 3 nitrogen and oxygen atoms in total. The lowest BCUT2D eigenvalue weighted by Gasteiger charge is -2.29. The SMILES string of the molecule is CCCN1CCC(CNC)C1c1ccc(N(C)C)cc1. The fourth-order valence-electron chi connectivity index (χ4n) is 3.39. The van der Waals surface area contributed by atoms with E-state index in [1.54, 1.807) is 0 Å². The number of hydrogen-bond acceptors (Lipinski definition) is 3. The highest BCUT2D eigenvalue weighted by molar-refractivity contribution is 5.46. The van der Waals surface area contributed by atoms with Crippen molar-refractivity contribution in [2.75, 3.05) is 45.7 Å². The highest BCUT2D eigenvalue weighted by Gasteiger charge is 2.33. The predicted octanol–water partition coefficient (Wildman–Crippen LogP) is 2.75. The monoisotopic (exact) mass is 275 g/mol. The molecule has 2 unspecified atom stereocenters. The second kappa shape index (κ2) is 7.09. The Hall–Kier alpha value is -1.06. The molecular weight excluding hydrogens is 246 g/mol. The summed E-state index contributed by atoms with van der Waals surface area (Å²) in [4.78, 5) is 4.82. The molecule has 3 heteroatoms. The maximum absolute atomic E-state index is 3.37. The summed E-state index contributed by atoms with van der Waals surface area (Å²) in [7, 11) is 6.25. The van der Waals surface area contributed by atoms with E-state index in [4.69, 9.17) is 0 Å². The Balaban J connectivity index is 2.19. The van der Waals surface area contributed by atoms with Crippen LogP contribution in [0.2, 0.25) is 0 Å². The zero-order chi connectivity index (χ0) is 14.5. The molecule has 0 aromatic heterocycles. The van der Waals surface area contributed by atoms with Crippen LogP contribution in [-0.2, 0) is 0 Å². The van der Waals surface area contributed by atoms with Crippen LogP contribution >= 0.6 is 0 Å². The summed E-state index contributed by atoms with van der Waals surface area (Å²) in [5.41, 5.74) is 2.75. The number of hydrogen-bond donors (Lipinski definition) is 1. The van der Waals surface area contributed by atoms with E-state index in [2.05, 4.69) is 67.4 Å². The van der Waals surface area contributed by atoms with E-state index in [1.807, 2.05) is 0 Å². The maximum atomic E-state index is 3.37. The van der Waals surface area contributed by atoms with E-state index in [0.29, 0.717) is 6.04 Å². The second-order valence-electron chi connectivity index (χ2n) is 6.07. The summed E-state index contributed by atoms with van der Waals surface area (Å²) in [6, 6.07) is 9.70. The van der Waals surface area contributed by atoms with Crippen molar-refractivity contribution >= 4 is 5.69 Å². The Labute approximate surface area is 124 Å². The topological polar surface area (TPSA) is 18.5 Å². The van der Waals surface area contributed by atoms with Gasteiger partial charge in [0.15, 0.2) is 0 Å². The van der Waals surface area contributed by atoms with Crippen molar-refractivity contribution in [1.82, 2.24) is 10.2 Å². The average Bonchev–Trinajstić information content (AvgIpc) is 2.83. The lowest BCUT2D eigenvalue weighted by molar-refractivity contribution is 0.227. The van der Waals surface area contributed by atoms with E-state index < -0.39 is 0 Å². The molecule has 1 aliphatic heterocycles. The van der Waals surface area contributed by atoms with Gasteiger partial charge in [0.05, 0.1) is 0 Å². The summed E-state index contributed by atoms with van der Waals surface area (Å²) >= 11 is 0. The van der Waals surface area contributed by atoms with Crippen LogP contribution in [0.4, 0.5) is 5.69 Å². The summed E-state index contributed by atoms with van der Waals surface area (Å²) < 4.78 is 0. The van der Waals surface area contributed by atoms with Crippen LogP contribution in [0.25, 0.3) is 0 Å². The highest BCUT2D eigenvalue weighted by Crippen LogP contribution is 2.37. The molecule has 2 atom stereocenters. The van der Waals surface area contributed by atoms with Crippen molar-refractivity contribution in [2.24, 2.45) is 5.92 Å². The van der Waals surface area contributed by atoms with E-state index in [-0.39, 0.29) is 0 Å². The quantitative estimate of drug-likeness (QED) is 0.861. The fourth-order valence-corrected chi connectivity index (χ4v) is 3.39. The second-order valence-corrected chi connectivity index (χ2v) is 6.07. The van der Waals surface area contributed by atoms with Crippen molar-refractivity contribution in [3.05, 3.63) is 29.8 Å². The average molecular weight is 275 g/mol. The van der Waals surface area contributed by atoms with Crippen molar-refractivity contribution < 1.29 is 0 Å². The predicted molar refractivity (Wildman–Crippen MR) is 87.4 cm³/mol. The fraction of sp³-hybridized carbons (Fsp3) is 0.647. The molecule has 1 aliphatic rings. The van der Waals surface area contributed by atoms with E-state index in [0.717, 1.165) is 12.5 Å². The summed E-state index contributed by atoms with van der Waals surface area (Å²) in [5.74, 6) is 0.733. The van der Waals surface area contributed by atoms with Gasteiger partial charge in [0.2, 0.25) is 0 Å². The van der Waals surface area contributed by atoms with Crippen LogP contribution in [0.15, 0.2) is 24.3 Å². The molecule has 1 aromatic rings. The third kappa shape index (κ3) is 3.33. The molecule has 1 saturated heterocycles. The Bertz CT molecular complexity index is 385. The minimum Gasteiger partial charge on any atom is -0.378 e. The lowest BCUT2D eigenvalue weighted by atomic mass is 9.93. The molecule has 1 heterocycles. The third-order valence-electron chi connectivity index (χ3n) is 4.36. The number of nitrogens with one attached hydrogen (secondary N) is 1. The van der Waals surface area contributed by atoms with Gasteiger partial charge < -0.3 is 10.2 Å². The van der Waals surface area contributed by atoms with Gasteiger partial charge in [-0.2, -0.15) is 0 Å². The largest absolute Gasteiger partial charge is 0.378 e. The van der Waals surface area contributed by atoms with Gasteiger partial charge in [-0.1, -0.05) is 19.1 Å². The van der Waals surface area contributed by atoms with Crippen LogP contribution in [0.3, 0.4) is 0 Å². The Morgan fingerprint density at radius 3 is 2.50 bits per heavy atom. The first-order valence-electron chi connectivity index (χ1n) is 7.83. The molecule has 0 amide bonds. The molecule has 0 bridgehead atoms. The number of likely N-dealkylation sites (tertiary alicyclic amines) is 1. The lowest BCUT2D eigenvalue weighted by Crippen LogP contribution is -2.29. The molecule has 0 aliphatic carbocycles. The molecule has 0 spiro atoms. The minimum atomic E-state index is 0.582. The minimum absolute atomic E-state index is 0.582. The number of rotatable bonds is 6. The number of benzene rings is 1. The van der Waals surface area contributed by atoms with Gasteiger partial charge in [-0.25, -0.2) is 0 Å². The van der Waals surface area contributed by atoms with Gasteiger partial charge in [0.1, 0.15) is 0 Å². The molecular formula is C17H29N3. The molecule has 1 N–H and O–H groups in total. The van der Waals surface area contributed by atoms with E-state index >= 15 is 0 Å². The molecule has 2 rings (SSSR count). The number of anilines is 1. The number of nitrogens with zero attached hydrogens (tertiary/aromatic N) is 2. The van der Waals surface area contributed by atoms with Crippen LogP contribution in [0.5, 0.6) is 0 Å². The van der Waals surface area contributed by atoms with Gasteiger partial charge in [-0.05, 0) is 63.1 Å². The molecule has 112 valence electrons. The van der Waals surface area contributed by atoms with Crippen molar-refractivity contribution in [1.29, 1.82) is 0 Å². The van der Waals surface area contributed by atoms with Gasteiger partial charge in [0, 0.05) is 25.8 Å². The highest BCUT2D eigenvalue weighted by atomic mass is 15.2. The summed E-state index contributed by atoms with van der Waals surface area (Å²) in [6.07, 6.45) is 2.54. The molecule has 20 heavy (non-hydrogen) atoms. The first-order chi connectivity index (χ1) is 9.67. The first-order valence-corrected chi connectivity index (χ1v) is 7.83. The standard InChI is InChI=1S/C17H29N3/c1-5-11-20-12-10-15(13-18-2)17(20)14-6-8-16(9-7-14)19(3)4/h6-9,15,17-18H,5,10-13H2,1-4H3. The zero-order valence-corrected chi connectivity index (χ0v) is 13.4. The Morgan fingerprint density at radius 2 is 1.95 bits per heavy atom. The summed E-state index contributed by atoms with van der Waals surface area (Å²) in [5, 5.41) is 3.37. The molecule has 1 fully saturated rings. The zero-order valence-electron chi connectivity index (χ0n) is 13.4. The Kier molecular flexibility index (Phi) is 5.44. The van der Waals surface area contributed by atoms with Crippen LogP contribution in [-0.4, -0.2) is 45.7 Å². The summed E-state index contributed by atoms with van der Waals surface area (Å²) in [6.45, 7) is 5.83. The normalized spacial score (nSPS) is 23.2. The van der Waals surface area contributed by atoms with Gasteiger partial charge >= 0.3 is 0 Å². The van der Waals surface area contributed by atoms with Gasteiger partial charge in [-0.15, -0.1) is 0 Å². The molecule has 0 saturated carbocycles. The van der Waals surface area contributed by atoms with Gasteiger partial charge in [-0.3, -0.25) is 4.90 Å². The van der Waals surface area contributed by atoms with Crippen LogP contribution in [0.1, 0.15) is 31.4 Å². The van der Waals surface area contributed by atoms with E-state index in [1.165, 1.54) is 37.2 Å². The van der Waals surface area contributed by atoms with Crippen molar-refractivity contribution in [3.8, 4) is 0 Å². The van der Waals surface area contributed by atoms with Crippen LogP contribution in [0, 0.1) is 5.92 Å². The van der Waals surface area contributed by atoms with Crippen molar-refractivity contribution in [2.45, 2.75) is 25.8 Å². The first kappa shape index (κ1) is 15.3. The maximum Gasteiger partial charge on any atom is 0.0388 e. The smallest absolute Gasteiger partial charge is 0.0388 e. The molecule has 1 aromatic carbocycles. The third-order valence-corrected chi connectivity index (χ3v) is 4.36. The van der Waals surface area contributed by atoms with Crippen LogP contribution < -0.4 is 10.2 Å². The molecule has 0 radical (unpaired) electrons. The Morgan fingerprint density at radius 1 is 1.25 bits per heavy atom. The van der Waals surface area contributed by atoms with E-state index in [9.17, 15) is 0 Å².